The van der Waals surface area contributed by atoms with E-state index in [1.54, 1.807) is 16.8 Å². The van der Waals surface area contributed by atoms with Crippen LogP contribution in [0.3, 0.4) is 0 Å². The van der Waals surface area contributed by atoms with E-state index in [0.29, 0.717) is 24.6 Å². The highest BCUT2D eigenvalue weighted by Gasteiger charge is 2.00. The van der Waals surface area contributed by atoms with Crippen molar-refractivity contribution in [1.29, 1.82) is 0 Å². The molecule has 0 aliphatic rings. The Morgan fingerprint density at radius 2 is 2.31 bits per heavy atom. The van der Waals surface area contributed by atoms with Gasteiger partial charge in [-0.2, -0.15) is 0 Å². The van der Waals surface area contributed by atoms with Crippen molar-refractivity contribution in [2.75, 3.05) is 6.54 Å². The average Bonchev–Trinajstić information content (AvgIpc) is 2.28. The number of nitrogens with two attached hydrogens (primary N) is 1. The second-order valence-corrected chi connectivity index (χ2v) is 3.36. The zero-order valence-electron chi connectivity index (χ0n) is 9.73. The number of nitrogens with zero attached hydrogens (tertiary/aromatic N) is 2. The Labute approximate surface area is 95.0 Å². The van der Waals surface area contributed by atoms with E-state index < -0.39 is 0 Å². The van der Waals surface area contributed by atoms with Crippen LogP contribution in [0, 0.1) is 0 Å². The van der Waals surface area contributed by atoms with Gasteiger partial charge in [0.2, 0.25) is 0 Å². The number of aryl methyl sites for hydroxylation is 1. The van der Waals surface area contributed by atoms with E-state index in [1.807, 2.05) is 19.9 Å². The summed E-state index contributed by atoms with van der Waals surface area (Å²) in [4.78, 5) is 15.9. The smallest absolute Gasteiger partial charge is 0.255 e. The van der Waals surface area contributed by atoms with Gasteiger partial charge in [-0.15, -0.1) is 0 Å². The van der Waals surface area contributed by atoms with Crippen molar-refractivity contribution in [1.82, 2.24) is 9.88 Å². The molecular formula is C11H18N4O. The minimum absolute atomic E-state index is 0.00181. The molecule has 0 aromatic carbocycles. The molecule has 0 fully saturated rings. The van der Waals surface area contributed by atoms with Crippen LogP contribution < -0.4 is 16.6 Å². The predicted octanol–water partition coefficient (Wildman–Crippen LogP) is 0.292. The second-order valence-electron chi connectivity index (χ2n) is 3.36. The van der Waals surface area contributed by atoms with E-state index in [9.17, 15) is 4.79 Å². The number of aromatic nitrogens is 1. The maximum absolute atomic E-state index is 11.8. The molecule has 0 saturated heterocycles. The van der Waals surface area contributed by atoms with Crippen LogP contribution in [-0.2, 0) is 13.1 Å². The average molecular weight is 222 g/mol. The molecule has 0 amide bonds. The molecule has 0 atom stereocenters. The molecule has 0 radical (unpaired) electrons. The Bertz CT molecular complexity index is 422. The number of hydrogen-bond acceptors (Lipinski definition) is 2. The van der Waals surface area contributed by atoms with E-state index >= 15 is 0 Å². The van der Waals surface area contributed by atoms with E-state index in [-0.39, 0.29) is 5.56 Å². The zero-order valence-corrected chi connectivity index (χ0v) is 9.73. The summed E-state index contributed by atoms with van der Waals surface area (Å²) in [6.45, 7) is 5.58. The molecule has 1 aromatic heterocycles. The highest BCUT2D eigenvalue weighted by molar-refractivity contribution is 5.77. The fourth-order valence-corrected chi connectivity index (χ4v) is 1.36. The van der Waals surface area contributed by atoms with Gasteiger partial charge in [-0.05, 0) is 19.9 Å². The Morgan fingerprint density at radius 3 is 2.94 bits per heavy atom. The van der Waals surface area contributed by atoms with E-state index in [2.05, 4.69) is 10.3 Å². The normalized spacial score (nSPS) is 11.5. The van der Waals surface area contributed by atoms with Crippen molar-refractivity contribution in [3.8, 4) is 0 Å². The van der Waals surface area contributed by atoms with Crippen LogP contribution in [0.5, 0.6) is 0 Å². The number of nitrogens with one attached hydrogen (secondary N) is 1. The number of pyridine rings is 1. The van der Waals surface area contributed by atoms with Gasteiger partial charge in [-0.3, -0.25) is 4.79 Å². The topological polar surface area (TPSA) is 72.4 Å². The first-order valence-electron chi connectivity index (χ1n) is 5.41. The minimum Gasteiger partial charge on any atom is -0.370 e. The first-order valence-corrected chi connectivity index (χ1v) is 5.41. The lowest BCUT2D eigenvalue weighted by Gasteiger charge is -2.04. The largest absolute Gasteiger partial charge is 0.370 e. The molecule has 0 aliphatic carbocycles. The third-order valence-electron chi connectivity index (χ3n) is 2.22. The molecule has 3 N–H and O–H groups in total. The van der Waals surface area contributed by atoms with Gasteiger partial charge >= 0.3 is 0 Å². The Morgan fingerprint density at radius 1 is 1.56 bits per heavy atom. The van der Waals surface area contributed by atoms with Gasteiger partial charge in [0.25, 0.3) is 5.56 Å². The maximum atomic E-state index is 11.8. The quantitative estimate of drug-likeness (QED) is 0.568. The molecule has 5 nitrogen and oxygen atoms in total. The molecule has 16 heavy (non-hydrogen) atoms. The third-order valence-corrected chi connectivity index (χ3v) is 2.22. The number of hydrogen-bond donors (Lipinski definition) is 2. The summed E-state index contributed by atoms with van der Waals surface area (Å²) in [5, 5.41) is 2.88. The fourth-order valence-electron chi connectivity index (χ4n) is 1.36. The number of aliphatic imine (C=N–C) groups is 1. The van der Waals surface area contributed by atoms with Crippen LogP contribution in [0.25, 0.3) is 0 Å². The second kappa shape index (κ2) is 5.95. The van der Waals surface area contributed by atoms with Gasteiger partial charge < -0.3 is 15.6 Å². The summed E-state index contributed by atoms with van der Waals surface area (Å²) in [5.41, 5.74) is 6.24. The summed E-state index contributed by atoms with van der Waals surface area (Å²) >= 11 is 0. The zero-order chi connectivity index (χ0) is 12.0. The Balaban J connectivity index is 2.82. The van der Waals surface area contributed by atoms with Crippen molar-refractivity contribution >= 4 is 5.96 Å². The standard InChI is InChI=1S/C11H18N4O/c1-3-13-11(12)14-8-9-6-5-7-15(4-2)10(9)16/h5-7H,3-4,8H2,1-2H3,(H3,12,13,14). The van der Waals surface area contributed by atoms with Crippen LogP contribution in [0.1, 0.15) is 19.4 Å². The number of guanidine groups is 1. The molecular weight excluding hydrogens is 204 g/mol. The van der Waals surface area contributed by atoms with Crippen LogP contribution in [0.4, 0.5) is 0 Å². The maximum Gasteiger partial charge on any atom is 0.255 e. The fraction of sp³-hybridized carbons (Fsp3) is 0.455. The van der Waals surface area contributed by atoms with E-state index in [0.717, 1.165) is 6.54 Å². The van der Waals surface area contributed by atoms with Gasteiger partial charge in [0.15, 0.2) is 5.96 Å². The van der Waals surface area contributed by atoms with E-state index in [1.165, 1.54) is 0 Å². The molecule has 88 valence electrons. The molecule has 1 heterocycles. The molecule has 0 bridgehead atoms. The lowest BCUT2D eigenvalue weighted by Crippen LogP contribution is -2.31. The van der Waals surface area contributed by atoms with Gasteiger partial charge in [0.1, 0.15) is 0 Å². The molecule has 0 spiro atoms. The highest BCUT2D eigenvalue weighted by atomic mass is 16.1. The van der Waals surface area contributed by atoms with E-state index in [4.69, 9.17) is 5.73 Å². The number of rotatable bonds is 4. The first-order chi connectivity index (χ1) is 7.69. The van der Waals surface area contributed by atoms with Crippen molar-refractivity contribution in [2.24, 2.45) is 10.7 Å². The Kier molecular flexibility index (Phi) is 4.57. The van der Waals surface area contributed by atoms with Crippen molar-refractivity contribution in [3.05, 3.63) is 34.2 Å². The van der Waals surface area contributed by atoms with Gasteiger partial charge in [-0.25, -0.2) is 4.99 Å². The highest BCUT2D eigenvalue weighted by Crippen LogP contribution is 1.94. The summed E-state index contributed by atoms with van der Waals surface area (Å²) in [6, 6.07) is 3.62. The van der Waals surface area contributed by atoms with Gasteiger partial charge in [0, 0.05) is 24.8 Å². The molecule has 0 saturated carbocycles. The van der Waals surface area contributed by atoms with Crippen LogP contribution in [0.15, 0.2) is 28.1 Å². The summed E-state index contributed by atoms with van der Waals surface area (Å²) < 4.78 is 1.65. The predicted molar refractivity (Wildman–Crippen MR) is 65.4 cm³/mol. The SMILES string of the molecule is CCNC(N)=NCc1cccn(CC)c1=O. The minimum atomic E-state index is -0.00181. The van der Waals surface area contributed by atoms with Crippen LogP contribution >= 0.6 is 0 Å². The summed E-state index contributed by atoms with van der Waals surface area (Å²) in [5.74, 6) is 0.369. The lowest BCUT2D eigenvalue weighted by atomic mass is 10.3. The van der Waals surface area contributed by atoms with Gasteiger partial charge in [0.05, 0.1) is 6.54 Å². The first kappa shape index (κ1) is 12.3. The Hall–Kier alpha value is -1.78. The molecule has 5 heteroatoms. The molecule has 1 aromatic rings. The monoisotopic (exact) mass is 222 g/mol. The lowest BCUT2D eigenvalue weighted by molar-refractivity contribution is 0.714. The van der Waals surface area contributed by atoms with Crippen molar-refractivity contribution < 1.29 is 0 Å². The van der Waals surface area contributed by atoms with Gasteiger partial charge in [-0.1, -0.05) is 6.07 Å². The van der Waals surface area contributed by atoms with Crippen LogP contribution in [-0.4, -0.2) is 17.1 Å². The van der Waals surface area contributed by atoms with Crippen LogP contribution in [0.2, 0.25) is 0 Å². The summed E-state index contributed by atoms with van der Waals surface area (Å²) in [6.07, 6.45) is 1.77. The molecule has 1 rings (SSSR count). The third kappa shape index (κ3) is 3.12. The van der Waals surface area contributed by atoms with Crippen molar-refractivity contribution in [3.63, 3.8) is 0 Å². The molecule has 0 unspecified atom stereocenters. The molecule has 0 aliphatic heterocycles. The van der Waals surface area contributed by atoms with Crippen molar-refractivity contribution in [2.45, 2.75) is 26.9 Å². The summed E-state index contributed by atoms with van der Waals surface area (Å²) in [7, 11) is 0.